The second-order valence-electron chi connectivity index (χ2n) is 5.29. The van der Waals surface area contributed by atoms with Crippen LogP contribution in [0.25, 0.3) is 6.08 Å². The van der Waals surface area contributed by atoms with Crippen LogP contribution in [-0.2, 0) is 4.79 Å². The maximum Gasteiger partial charge on any atom is 0.336 e. The molecule has 0 amide bonds. The van der Waals surface area contributed by atoms with Gasteiger partial charge < -0.3 is 14.2 Å². The molecule has 0 radical (unpaired) electrons. The van der Waals surface area contributed by atoms with Gasteiger partial charge in [-0.2, -0.15) is 0 Å². The zero-order valence-electron chi connectivity index (χ0n) is 13.8. The van der Waals surface area contributed by atoms with Crippen LogP contribution in [0.1, 0.15) is 19.4 Å². The number of benzene rings is 2. The molecular formula is C19H19FO4. The second kappa shape index (κ2) is 8.15. The fourth-order valence-electron chi connectivity index (χ4n) is 1.96. The van der Waals surface area contributed by atoms with E-state index < -0.39 is 5.97 Å². The largest absolute Gasteiger partial charge is 0.493 e. The van der Waals surface area contributed by atoms with Gasteiger partial charge in [-0.15, -0.1) is 0 Å². The van der Waals surface area contributed by atoms with Crippen molar-refractivity contribution in [3.63, 3.8) is 0 Å². The highest BCUT2D eigenvalue weighted by Gasteiger charge is 2.07. The molecule has 0 unspecified atom stereocenters. The van der Waals surface area contributed by atoms with E-state index >= 15 is 0 Å². The van der Waals surface area contributed by atoms with E-state index in [4.69, 9.17) is 14.2 Å². The third-order valence-corrected chi connectivity index (χ3v) is 2.99. The van der Waals surface area contributed by atoms with E-state index in [2.05, 4.69) is 0 Å². The molecule has 0 aliphatic rings. The summed E-state index contributed by atoms with van der Waals surface area (Å²) < 4.78 is 28.8. The molecule has 0 saturated carbocycles. The van der Waals surface area contributed by atoms with Crippen LogP contribution in [0.2, 0.25) is 0 Å². The summed E-state index contributed by atoms with van der Waals surface area (Å²) >= 11 is 0. The number of hydrogen-bond acceptors (Lipinski definition) is 4. The molecule has 2 rings (SSSR count). The van der Waals surface area contributed by atoms with Gasteiger partial charge in [-0.05, 0) is 61.9 Å². The topological polar surface area (TPSA) is 44.8 Å². The van der Waals surface area contributed by atoms with Gasteiger partial charge in [0.25, 0.3) is 0 Å². The van der Waals surface area contributed by atoms with Crippen LogP contribution in [0.5, 0.6) is 17.2 Å². The first-order valence-corrected chi connectivity index (χ1v) is 7.48. The van der Waals surface area contributed by atoms with Crippen LogP contribution in [-0.4, -0.2) is 19.2 Å². The third-order valence-electron chi connectivity index (χ3n) is 2.99. The Morgan fingerprint density at radius 3 is 2.42 bits per heavy atom. The molecule has 0 N–H and O–H groups in total. The summed E-state index contributed by atoms with van der Waals surface area (Å²) in [6, 6.07) is 10.6. The first-order valence-electron chi connectivity index (χ1n) is 7.48. The number of methoxy groups -OCH3 is 1. The van der Waals surface area contributed by atoms with Gasteiger partial charge in [0, 0.05) is 6.08 Å². The molecule has 0 atom stereocenters. The maximum atomic E-state index is 12.8. The van der Waals surface area contributed by atoms with Gasteiger partial charge >= 0.3 is 5.97 Å². The fraction of sp³-hybridized carbons (Fsp3) is 0.211. The molecule has 2 aromatic carbocycles. The maximum absolute atomic E-state index is 12.8. The molecule has 5 heteroatoms. The molecule has 0 aliphatic heterocycles. The van der Waals surface area contributed by atoms with Crippen molar-refractivity contribution in [2.75, 3.05) is 7.11 Å². The molecule has 0 fully saturated rings. The van der Waals surface area contributed by atoms with Gasteiger partial charge in [-0.1, -0.05) is 6.07 Å². The Kier molecular flexibility index (Phi) is 5.95. The van der Waals surface area contributed by atoms with E-state index in [1.807, 2.05) is 19.9 Å². The highest BCUT2D eigenvalue weighted by atomic mass is 19.1. The minimum Gasteiger partial charge on any atom is -0.493 e. The van der Waals surface area contributed by atoms with Crippen LogP contribution in [0.3, 0.4) is 0 Å². The van der Waals surface area contributed by atoms with Crippen molar-refractivity contribution in [1.29, 1.82) is 0 Å². The van der Waals surface area contributed by atoms with Crippen LogP contribution in [0.4, 0.5) is 4.39 Å². The molecule has 0 spiro atoms. The Labute approximate surface area is 140 Å². The molecule has 2 aromatic rings. The van der Waals surface area contributed by atoms with Crippen LogP contribution in [0.15, 0.2) is 48.5 Å². The molecule has 0 aliphatic carbocycles. The molecule has 0 aromatic heterocycles. The predicted molar refractivity (Wildman–Crippen MR) is 89.8 cm³/mol. The van der Waals surface area contributed by atoms with Crippen molar-refractivity contribution in [2.24, 2.45) is 0 Å². The quantitative estimate of drug-likeness (QED) is 0.451. The van der Waals surface area contributed by atoms with Gasteiger partial charge in [0.15, 0.2) is 11.5 Å². The van der Waals surface area contributed by atoms with Crippen LogP contribution >= 0.6 is 0 Å². The zero-order chi connectivity index (χ0) is 17.5. The molecule has 0 bridgehead atoms. The van der Waals surface area contributed by atoms with Gasteiger partial charge in [-0.25, -0.2) is 9.18 Å². The third kappa shape index (κ3) is 5.12. The first-order chi connectivity index (χ1) is 11.5. The number of carbonyl (C=O) groups excluding carboxylic acids is 1. The van der Waals surface area contributed by atoms with Gasteiger partial charge in [0.05, 0.1) is 13.2 Å². The van der Waals surface area contributed by atoms with E-state index in [1.165, 1.54) is 30.3 Å². The Hall–Kier alpha value is -2.82. The summed E-state index contributed by atoms with van der Waals surface area (Å²) in [5.74, 6) is 0.560. The van der Waals surface area contributed by atoms with Gasteiger partial charge in [0.1, 0.15) is 11.6 Å². The highest BCUT2D eigenvalue weighted by Crippen LogP contribution is 2.29. The second-order valence-corrected chi connectivity index (χ2v) is 5.29. The SMILES string of the molecule is COc1cc(/C=C/C(=O)Oc2ccc(F)cc2)ccc1OC(C)C. The Bertz CT molecular complexity index is 721. The summed E-state index contributed by atoms with van der Waals surface area (Å²) in [6.45, 7) is 3.86. The average Bonchev–Trinajstić information content (AvgIpc) is 2.55. The molecule has 4 nitrogen and oxygen atoms in total. The van der Waals surface area contributed by atoms with Gasteiger partial charge in [0.2, 0.25) is 0 Å². The number of ether oxygens (including phenoxy) is 3. The van der Waals surface area contributed by atoms with Gasteiger partial charge in [-0.3, -0.25) is 0 Å². The van der Waals surface area contributed by atoms with E-state index in [0.717, 1.165) is 5.56 Å². The van der Waals surface area contributed by atoms with Crippen molar-refractivity contribution < 1.29 is 23.4 Å². The predicted octanol–water partition coefficient (Wildman–Crippen LogP) is 4.24. The summed E-state index contributed by atoms with van der Waals surface area (Å²) in [4.78, 5) is 11.8. The lowest BCUT2D eigenvalue weighted by Crippen LogP contribution is -2.06. The number of halogens is 1. The van der Waals surface area contributed by atoms with Crippen LogP contribution in [0, 0.1) is 5.82 Å². The number of hydrogen-bond donors (Lipinski definition) is 0. The number of rotatable bonds is 6. The number of carbonyl (C=O) groups is 1. The summed E-state index contributed by atoms with van der Waals surface area (Å²) in [7, 11) is 1.55. The van der Waals surface area contributed by atoms with E-state index in [-0.39, 0.29) is 17.7 Å². The lowest BCUT2D eigenvalue weighted by Gasteiger charge is -2.13. The summed E-state index contributed by atoms with van der Waals surface area (Å²) in [5.41, 5.74) is 0.763. The smallest absolute Gasteiger partial charge is 0.336 e. The van der Waals surface area contributed by atoms with Crippen molar-refractivity contribution in [3.05, 3.63) is 59.9 Å². The molecule has 24 heavy (non-hydrogen) atoms. The molecular weight excluding hydrogens is 311 g/mol. The van der Waals surface area contributed by atoms with E-state index in [1.54, 1.807) is 25.3 Å². The number of esters is 1. The minimum atomic E-state index is -0.553. The van der Waals surface area contributed by atoms with E-state index in [9.17, 15) is 9.18 Å². The highest BCUT2D eigenvalue weighted by molar-refractivity contribution is 5.88. The molecule has 126 valence electrons. The Morgan fingerprint density at radius 2 is 1.79 bits per heavy atom. The van der Waals surface area contributed by atoms with Crippen molar-refractivity contribution in [2.45, 2.75) is 20.0 Å². The monoisotopic (exact) mass is 330 g/mol. The lowest BCUT2D eigenvalue weighted by molar-refractivity contribution is -0.128. The normalized spacial score (nSPS) is 10.9. The van der Waals surface area contributed by atoms with E-state index in [0.29, 0.717) is 11.5 Å². The first kappa shape index (κ1) is 17.5. The van der Waals surface area contributed by atoms with Crippen molar-refractivity contribution in [1.82, 2.24) is 0 Å². The fourth-order valence-corrected chi connectivity index (χ4v) is 1.96. The van der Waals surface area contributed by atoms with Crippen LogP contribution < -0.4 is 14.2 Å². The van der Waals surface area contributed by atoms with Crippen molar-refractivity contribution in [3.8, 4) is 17.2 Å². The molecule has 0 saturated heterocycles. The zero-order valence-corrected chi connectivity index (χ0v) is 13.8. The minimum absolute atomic E-state index is 0.0333. The Morgan fingerprint density at radius 1 is 1.08 bits per heavy atom. The lowest BCUT2D eigenvalue weighted by atomic mass is 10.2. The summed E-state index contributed by atoms with van der Waals surface area (Å²) in [6.07, 6.45) is 2.93. The average molecular weight is 330 g/mol. The Balaban J connectivity index is 2.05. The van der Waals surface area contributed by atoms with Crippen molar-refractivity contribution >= 4 is 12.0 Å². The standard InChI is InChI=1S/C19H19FO4/c1-13(2)23-17-10-4-14(12-18(17)22-3)5-11-19(21)24-16-8-6-15(20)7-9-16/h4-13H,1-3H3/b11-5+. The molecule has 0 heterocycles. The summed E-state index contributed by atoms with van der Waals surface area (Å²) in [5, 5.41) is 0.